The van der Waals surface area contributed by atoms with Crippen molar-refractivity contribution in [2.24, 2.45) is 5.73 Å². The van der Waals surface area contributed by atoms with Crippen LogP contribution in [0.4, 0.5) is 0 Å². The summed E-state index contributed by atoms with van der Waals surface area (Å²) < 4.78 is 0. The molecule has 0 spiro atoms. The maximum atomic E-state index is 11.7. The van der Waals surface area contributed by atoms with E-state index in [9.17, 15) is 4.79 Å². The number of hydrogen-bond acceptors (Lipinski definition) is 3. The number of amides is 1. The van der Waals surface area contributed by atoms with E-state index in [0.29, 0.717) is 0 Å². The van der Waals surface area contributed by atoms with Gasteiger partial charge in [-0.1, -0.05) is 13.3 Å². The monoisotopic (exact) mass is 246 g/mol. The van der Waals surface area contributed by atoms with Gasteiger partial charge in [-0.25, -0.2) is 0 Å². The summed E-state index contributed by atoms with van der Waals surface area (Å²) in [5.41, 5.74) is 5.66. The van der Waals surface area contributed by atoms with Crippen LogP contribution in [0.1, 0.15) is 47.0 Å². The molecule has 3 unspecified atom stereocenters. The molecule has 0 aromatic heterocycles. The SMILES string of the molecule is CCCC(C)NC(=O)C(C)SCCC(C)N. The minimum absolute atomic E-state index is 0.0260. The predicted octanol–water partition coefficient (Wildman–Crippen LogP) is 2.15. The van der Waals surface area contributed by atoms with Crippen LogP contribution in [-0.2, 0) is 4.79 Å². The molecule has 96 valence electrons. The van der Waals surface area contributed by atoms with Gasteiger partial charge in [-0.3, -0.25) is 4.79 Å². The highest BCUT2D eigenvalue weighted by atomic mass is 32.2. The first-order valence-corrected chi connectivity index (χ1v) is 7.19. The van der Waals surface area contributed by atoms with Gasteiger partial charge in [0.25, 0.3) is 0 Å². The summed E-state index contributed by atoms with van der Waals surface area (Å²) in [4.78, 5) is 11.7. The summed E-state index contributed by atoms with van der Waals surface area (Å²) in [6.45, 7) is 8.14. The molecule has 4 heteroatoms. The Hall–Kier alpha value is -0.220. The molecule has 0 aliphatic carbocycles. The molecular weight excluding hydrogens is 220 g/mol. The van der Waals surface area contributed by atoms with E-state index in [1.54, 1.807) is 11.8 Å². The van der Waals surface area contributed by atoms with E-state index in [4.69, 9.17) is 5.73 Å². The molecule has 16 heavy (non-hydrogen) atoms. The van der Waals surface area contributed by atoms with Crippen molar-refractivity contribution in [1.29, 1.82) is 0 Å². The first kappa shape index (κ1) is 15.8. The quantitative estimate of drug-likeness (QED) is 0.690. The molecule has 0 heterocycles. The predicted molar refractivity (Wildman–Crippen MR) is 72.7 cm³/mol. The van der Waals surface area contributed by atoms with E-state index in [1.807, 2.05) is 13.8 Å². The van der Waals surface area contributed by atoms with Gasteiger partial charge in [-0.2, -0.15) is 0 Å². The number of carbonyl (C=O) groups is 1. The second kappa shape index (κ2) is 8.88. The van der Waals surface area contributed by atoms with Crippen molar-refractivity contribution in [3.8, 4) is 0 Å². The Morgan fingerprint density at radius 2 is 1.94 bits per heavy atom. The van der Waals surface area contributed by atoms with Gasteiger partial charge in [0.15, 0.2) is 0 Å². The number of thioether (sulfide) groups is 1. The third-order valence-electron chi connectivity index (χ3n) is 2.42. The smallest absolute Gasteiger partial charge is 0.233 e. The van der Waals surface area contributed by atoms with Crippen molar-refractivity contribution in [3.63, 3.8) is 0 Å². The van der Waals surface area contributed by atoms with Crippen LogP contribution < -0.4 is 11.1 Å². The lowest BCUT2D eigenvalue weighted by molar-refractivity contribution is -0.120. The Kier molecular flexibility index (Phi) is 8.76. The molecule has 0 saturated heterocycles. The van der Waals surface area contributed by atoms with Crippen molar-refractivity contribution in [3.05, 3.63) is 0 Å². The average molecular weight is 246 g/mol. The van der Waals surface area contributed by atoms with Crippen molar-refractivity contribution in [2.75, 3.05) is 5.75 Å². The normalized spacial score (nSPS) is 16.6. The zero-order chi connectivity index (χ0) is 12.6. The van der Waals surface area contributed by atoms with Crippen molar-refractivity contribution in [2.45, 2.75) is 64.3 Å². The minimum atomic E-state index is 0.0260. The first-order valence-electron chi connectivity index (χ1n) is 6.14. The molecule has 3 nitrogen and oxygen atoms in total. The summed E-state index contributed by atoms with van der Waals surface area (Å²) in [7, 11) is 0. The van der Waals surface area contributed by atoms with Gasteiger partial charge in [0.1, 0.15) is 0 Å². The number of carbonyl (C=O) groups excluding carboxylic acids is 1. The van der Waals surface area contributed by atoms with Crippen molar-refractivity contribution >= 4 is 17.7 Å². The Labute approximate surface area is 104 Å². The van der Waals surface area contributed by atoms with Crippen LogP contribution in [0, 0.1) is 0 Å². The molecule has 0 aliphatic heterocycles. The van der Waals surface area contributed by atoms with Crippen LogP contribution >= 0.6 is 11.8 Å². The Morgan fingerprint density at radius 3 is 2.44 bits per heavy atom. The number of nitrogens with one attached hydrogen (secondary N) is 1. The molecule has 3 atom stereocenters. The van der Waals surface area contributed by atoms with E-state index in [1.165, 1.54) is 0 Å². The maximum Gasteiger partial charge on any atom is 0.233 e. The van der Waals surface area contributed by atoms with Crippen molar-refractivity contribution < 1.29 is 4.79 Å². The van der Waals surface area contributed by atoms with Gasteiger partial charge in [0.05, 0.1) is 5.25 Å². The second-order valence-electron chi connectivity index (χ2n) is 4.48. The minimum Gasteiger partial charge on any atom is -0.353 e. The maximum absolute atomic E-state index is 11.7. The third-order valence-corrected chi connectivity index (χ3v) is 3.61. The van der Waals surface area contributed by atoms with Gasteiger partial charge in [0, 0.05) is 12.1 Å². The summed E-state index contributed by atoms with van der Waals surface area (Å²) >= 11 is 1.68. The highest BCUT2D eigenvalue weighted by Crippen LogP contribution is 2.13. The van der Waals surface area contributed by atoms with Gasteiger partial charge in [-0.05, 0) is 39.4 Å². The van der Waals surface area contributed by atoms with E-state index in [-0.39, 0.29) is 23.2 Å². The van der Waals surface area contributed by atoms with E-state index in [0.717, 1.165) is 25.0 Å². The Morgan fingerprint density at radius 1 is 1.31 bits per heavy atom. The lowest BCUT2D eigenvalue weighted by Crippen LogP contribution is -2.37. The van der Waals surface area contributed by atoms with E-state index >= 15 is 0 Å². The van der Waals surface area contributed by atoms with Crippen LogP contribution in [0.2, 0.25) is 0 Å². The molecule has 0 aliphatic rings. The van der Waals surface area contributed by atoms with Gasteiger partial charge in [0.2, 0.25) is 5.91 Å². The van der Waals surface area contributed by atoms with Crippen LogP contribution in [-0.4, -0.2) is 29.0 Å². The zero-order valence-corrected chi connectivity index (χ0v) is 11.8. The molecule has 0 saturated carbocycles. The summed E-state index contributed by atoms with van der Waals surface area (Å²) in [5.74, 6) is 1.10. The third kappa shape index (κ3) is 7.99. The van der Waals surface area contributed by atoms with Crippen LogP contribution in [0.15, 0.2) is 0 Å². The van der Waals surface area contributed by atoms with Gasteiger partial charge in [-0.15, -0.1) is 11.8 Å². The molecule has 0 radical (unpaired) electrons. The van der Waals surface area contributed by atoms with E-state index < -0.39 is 0 Å². The van der Waals surface area contributed by atoms with Gasteiger partial charge < -0.3 is 11.1 Å². The number of hydrogen-bond donors (Lipinski definition) is 2. The Bertz CT molecular complexity index is 197. The fourth-order valence-corrected chi connectivity index (χ4v) is 2.45. The average Bonchev–Trinajstić information content (AvgIpc) is 2.17. The molecule has 0 rings (SSSR count). The summed E-state index contributed by atoms with van der Waals surface area (Å²) in [5, 5.41) is 3.05. The van der Waals surface area contributed by atoms with Gasteiger partial charge >= 0.3 is 0 Å². The second-order valence-corrected chi connectivity index (χ2v) is 5.93. The highest BCUT2D eigenvalue weighted by molar-refractivity contribution is 8.00. The lowest BCUT2D eigenvalue weighted by atomic mass is 10.2. The van der Waals surface area contributed by atoms with E-state index in [2.05, 4.69) is 19.2 Å². The van der Waals surface area contributed by atoms with Crippen LogP contribution in [0.25, 0.3) is 0 Å². The number of nitrogens with two attached hydrogens (primary N) is 1. The molecule has 1 amide bonds. The number of rotatable bonds is 8. The van der Waals surface area contributed by atoms with Crippen LogP contribution in [0.5, 0.6) is 0 Å². The molecular formula is C12H26N2OS. The molecule has 0 aromatic rings. The molecule has 0 aromatic carbocycles. The summed E-state index contributed by atoms with van der Waals surface area (Å²) in [6, 6.07) is 0.510. The van der Waals surface area contributed by atoms with Crippen LogP contribution in [0.3, 0.4) is 0 Å². The summed E-state index contributed by atoms with van der Waals surface area (Å²) in [6.07, 6.45) is 3.11. The molecule has 0 fully saturated rings. The molecule has 0 bridgehead atoms. The zero-order valence-electron chi connectivity index (χ0n) is 11.0. The first-order chi connectivity index (χ1) is 7.47. The van der Waals surface area contributed by atoms with Crippen molar-refractivity contribution in [1.82, 2.24) is 5.32 Å². The fourth-order valence-electron chi connectivity index (χ4n) is 1.37. The Balaban J connectivity index is 3.72. The molecule has 3 N–H and O–H groups in total. The standard InChI is InChI=1S/C12H26N2OS/c1-5-6-10(3)14-12(15)11(4)16-8-7-9(2)13/h9-11H,5-8,13H2,1-4H3,(H,14,15). The lowest BCUT2D eigenvalue weighted by Gasteiger charge is -2.17. The fraction of sp³-hybridized carbons (Fsp3) is 0.917. The largest absolute Gasteiger partial charge is 0.353 e. The highest BCUT2D eigenvalue weighted by Gasteiger charge is 2.15. The topological polar surface area (TPSA) is 55.1 Å².